The molecule has 1 rings (SSSR count). The minimum atomic E-state index is -2.30. The number of benzene rings is 1. The summed E-state index contributed by atoms with van der Waals surface area (Å²) in [7, 11) is -2.30. The van der Waals surface area contributed by atoms with Crippen molar-refractivity contribution < 1.29 is 9.59 Å². The van der Waals surface area contributed by atoms with E-state index in [4.69, 9.17) is 5.73 Å². The topological polar surface area (TPSA) is 63.3 Å². The maximum atomic E-state index is 11.7. The summed E-state index contributed by atoms with van der Waals surface area (Å²) in [4.78, 5) is 22.1. The van der Waals surface area contributed by atoms with E-state index >= 15 is 0 Å². The Morgan fingerprint density at radius 1 is 1.23 bits per heavy atom. The Morgan fingerprint density at radius 2 is 1.82 bits per heavy atom. The van der Waals surface area contributed by atoms with E-state index in [1.54, 1.807) is 0 Å². The Hall–Kier alpha value is -1.13. The first-order valence-corrected chi connectivity index (χ1v) is 11.1. The monoisotopic (exact) mass is 321 g/mol. The van der Waals surface area contributed by atoms with Crippen molar-refractivity contribution in [2.24, 2.45) is 11.7 Å². The van der Waals surface area contributed by atoms with Crippen LogP contribution in [0, 0.1) is 5.92 Å². The number of carbonyl (C=O) groups is 1. The molecular formula is C18H31NO2Si. The van der Waals surface area contributed by atoms with Crippen LogP contribution < -0.4 is 5.73 Å². The highest BCUT2D eigenvalue weighted by Crippen LogP contribution is 2.42. The van der Waals surface area contributed by atoms with Crippen molar-refractivity contribution in [2.75, 3.05) is 0 Å². The van der Waals surface area contributed by atoms with Crippen molar-refractivity contribution in [3.05, 3.63) is 35.9 Å². The zero-order chi connectivity index (χ0) is 16.8. The predicted octanol–water partition coefficient (Wildman–Crippen LogP) is 3.87. The summed E-state index contributed by atoms with van der Waals surface area (Å²) in [5.74, 6) is -0.365. The third kappa shape index (κ3) is 5.93. The molecule has 0 aliphatic heterocycles. The number of carbonyl (C=O) groups excluding carboxylic acids is 1. The van der Waals surface area contributed by atoms with Crippen molar-refractivity contribution in [1.82, 2.24) is 0 Å². The van der Waals surface area contributed by atoms with Gasteiger partial charge in [-0.1, -0.05) is 50.6 Å². The molecule has 124 valence electrons. The number of rotatable bonds is 9. The Morgan fingerprint density at radius 3 is 2.32 bits per heavy atom. The van der Waals surface area contributed by atoms with E-state index in [0.29, 0.717) is 6.42 Å². The highest BCUT2D eigenvalue weighted by molar-refractivity contribution is 6.72. The third-order valence-corrected chi connectivity index (χ3v) is 8.44. The van der Waals surface area contributed by atoms with Gasteiger partial charge in [0, 0.05) is 5.92 Å². The van der Waals surface area contributed by atoms with Gasteiger partial charge < -0.3 is 10.5 Å². The lowest BCUT2D eigenvalue weighted by atomic mass is 9.90. The number of primary amides is 1. The third-order valence-electron chi connectivity index (χ3n) is 4.93. The summed E-state index contributed by atoms with van der Waals surface area (Å²) < 4.78 is 0. The fourth-order valence-corrected chi connectivity index (χ4v) is 3.32. The number of aryl methyl sites for hydroxylation is 1. The molecule has 0 heterocycles. The maximum absolute atomic E-state index is 11.7. The average Bonchev–Trinajstić information content (AvgIpc) is 2.41. The van der Waals surface area contributed by atoms with Crippen molar-refractivity contribution in [3.8, 4) is 0 Å². The van der Waals surface area contributed by atoms with Crippen LogP contribution >= 0.6 is 0 Å². The fourth-order valence-electron chi connectivity index (χ4n) is 2.58. The first-order valence-electron chi connectivity index (χ1n) is 8.19. The number of unbranched alkanes of at least 4 members (excludes halogenated alkanes) is 1. The van der Waals surface area contributed by atoms with E-state index in [2.05, 4.69) is 38.1 Å². The molecule has 0 saturated heterocycles. The van der Waals surface area contributed by atoms with Crippen LogP contribution in [0.5, 0.6) is 0 Å². The summed E-state index contributed by atoms with van der Waals surface area (Å²) in [6.45, 7) is 7.97. The minimum absolute atomic E-state index is 0.135. The molecular weight excluding hydrogens is 290 g/mol. The van der Waals surface area contributed by atoms with Crippen LogP contribution in [-0.2, 0) is 11.2 Å². The molecule has 1 amide bonds. The van der Waals surface area contributed by atoms with E-state index in [9.17, 15) is 9.59 Å². The highest BCUT2D eigenvalue weighted by atomic mass is 28.4. The van der Waals surface area contributed by atoms with Crippen LogP contribution in [0.4, 0.5) is 0 Å². The SMILES string of the molecule is CC(C)(CC(CCCCc1ccccc1)C(N)=O)[Si](C)(C)O. The van der Waals surface area contributed by atoms with Crippen molar-refractivity contribution in [1.29, 1.82) is 0 Å². The molecule has 0 radical (unpaired) electrons. The van der Waals surface area contributed by atoms with Gasteiger partial charge in [-0.15, -0.1) is 0 Å². The molecule has 1 atom stereocenters. The van der Waals surface area contributed by atoms with Crippen LogP contribution in [0.15, 0.2) is 30.3 Å². The largest absolute Gasteiger partial charge is 0.432 e. The second-order valence-electron chi connectivity index (χ2n) is 7.48. The molecule has 22 heavy (non-hydrogen) atoms. The molecule has 1 aromatic carbocycles. The van der Waals surface area contributed by atoms with E-state index < -0.39 is 8.32 Å². The normalized spacial score (nSPS) is 13.9. The van der Waals surface area contributed by atoms with Crippen molar-refractivity contribution in [3.63, 3.8) is 0 Å². The molecule has 1 aromatic rings. The van der Waals surface area contributed by atoms with Crippen molar-refractivity contribution >= 4 is 14.2 Å². The molecule has 3 N–H and O–H groups in total. The van der Waals surface area contributed by atoms with Gasteiger partial charge in [-0.25, -0.2) is 0 Å². The molecule has 0 aliphatic rings. The standard InChI is InChI=1S/C18H31NO2Si/c1-18(2,22(3,4)21)14-16(17(19)20)13-9-8-12-15-10-6-5-7-11-15/h5-7,10-11,16,21H,8-9,12-14H2,1-4H3,(H2,19,20). The van der Waals surface area contributed by atoms with E-state index in [1.165, 1.54) is 5.56 Å². The first kappa shape index (κ1) is 18.9. The predicted molar refractivity (Wildman–Crippen MR) is 95.0 cm³/mol. The number of hydrogen-bond donors (Lipinski definition) is 2. The second-order valence-corrected chi connectivity index (χ2v) is 11.9. The maximum Gasteiger partial charge on any atom is 0.220 e. The molecule has 0 spiro atoms. The van der Waals surface area contributed by atoms with Crippen LogP contribution in [0.25, 0.3) is 0 Å². The Balaban J connectivity index is 2.47. The number of nitrogens with two attached hydrogens (primary N) is 1. The zero-order valence-corrected chi connectivity index (χ0v) is 15.4. The molecule has 1 unspecified atom stereocenters. The number of amides is 1. The van der Waals surface area contributed by atoms with Gasteiger partial charge in [0.25, 0.3) is 0 Å². The molecule has 0 aromatic heterocycles. The lowest BCUT2D eigenvalue weighted by Crippen LogP contribution is -2.41. The molecule has 4 heteroatoms. The summed E-state index contributed by atoms with van der Waals surface area (Å²) in [5, 5.41) is -0.202. The van der Waals surface area contributed by atoms with Crippen LogP contribution in [0.1, 0.15) is 45.1 Å². The Kier molecular flexibility index (Phi) is 6.82. The Bertz CT molecular complexity index is 466. The van der Waals surface area contributed by atoms with Gasteiger partial charge in [0.1, 0.15) is 0 Å². The summed E-state index contributed by atoms with van der Waals surface area (Å²) in [6.07, 6.45) is 4.59. The van der Waals surface area contributed by atoms with Gasteiger partial charge >= 0.3 is 0 Å². The van der Waals surface area contributed by atoms with Crippen LogP contribution in [0.2, 0.25) is 18.1 Å². The summed E-state index contributed by atoms with van der Waals surface area (Å²) in [5.41, 5.74) is 6.91. The van der Waals surface area contributed by atoms with Gasteiger partial charge in [0.05, 0.1) is 0 Å². The molecule has 0 saturated carbocycles. The van der Waals surface area contributed by atoms with E-state index in [-0.39, 0.29) is 16.9 Å². The van der Waals surface area contributed by atoms with Gasteiger partial charge in [-0.05, 0) is 49.4 Å². The lowest BCUT2D eigenvalue weighted by molar-refractivity contribution is -0.122. The zero-order valence-electron chi connectivity index (χ0n) is 14.4. The molecule has 0 bridgehead atoms. The smallest absolute Gasteiger partial charge is 0.220 e. The molecule has 3 nitrogen and oxygen atoms in total. The minimum Gasteiger partial charge on any atom is -0.432 e. The molecule has 0 aliphatic carbocycles. The first-order chi connectivity index (χ1) is 10.1. The average molecular weight is 322 g/mol. The fraction of sp³-hybridized carbons (Fsp3) is 0.611. The van der Waals surface area contributed by atoms with Crippen LogP contribution in [-0.4, -0.2) is 19.0 Å². The highest BCUT2D eigenvalue weighted by Gasteiger charge is 2.40. The summed E-state index contributed by atoms with van der Waals surface area (Å²) >= 11 is 0. The van der Waals surface area contributed by atoms with Crippen molar-refractivity contribution in [2.45, 2.75) is 64.1 Å². The Labute approximate surface area is 136 Å². The van der Waals surface area contributed by atoms with Crippen LogP contribution in [0.3, 0.4) is 0 Å². The number of hydrogen-bond acceptors (Lipinski definition) is 2. The van der Waals surface area contributed by atoms with Gasteiger partial charge in [-0.3, -0.25) is 4.79 Å². The van der Waals surface area contributed by atoms with Gasteiger partial charge in [0.15, 0.2) is 8.32 Å². The summed E-state index contributed by atoms with van der Waals surface area (Å²) in [6, 6.07) is 10.4. The van der Waals surface area contributed by atoms with Gasteiger partial charge in [-0.2, -0.15) is 0 Å². The quantitative estimate of drug-likeness (QED) is 0.536. The molecule has 0 fully saturated rings. The van der Waals surface area contributed by atoms with Gasteiger partial charge in [0.2, 0.25) is 5.91 Å². The van der Waals surface area contributed by atoms with E-state index in [1.807, 2.05) is 19.2 Å². The van der Waals surface area contributed by atoms with E-state index in [0.717, 1.165) is 25.7 Å². The second kappa shape index (κ2) is 7.93. The lowest BCUT2D eigenvalue weighted by Gasteiger charge is -2.37.